The van der Waals surface area contributed by atoms with Crippen LogP contribution < -0.4 is 15.8 Å². The number of nitrogens with two attached hydrogens (primary N) is 1. The van der Waals surface area contributed by atoms with E-state index in [0.717, 1.165) is 42.4 Å². The molecule has 1 amide bonds. The van der Waals surface area contributed by atoms with Crippen molar-refractivity contribution in [1.82, 2.24) is 4.98 Å². The number of hydrogen-bond acceptors (Lipinski definition) is 6. The summed E-state index contributed by atoms with van der Waals surface area (Å²) in [5.74, 6) is 1.08. The van der Waals surface area contributed by atoms with Crippen LogP contribution >= 0.6 is 11.3 Å². The Morgan fingerprint density at radius 3 is 2.96 bits per heavy atom. The first-order valence-corrected chi connectivity index (χ1v) is 9.30. The molecule has 0 saturated carbocycles. The van der Waals surface area contributed by atoms with E-state index in [-0.39, 0.29) is 5.91 Å². The smallest absolute Gasteiger partial charge is 0.275 e. The minimum Gasteiger partial charge on any atom is -0.493 e. The lowest BCUT2D eigenvalue weighted by Gasteiger charge is -2.22. The zero-order valence-corrected chi connectivity index (χ0v) is 15.1. The third kappa shape index (κ3) is 4.78. The highest BCUT2D eigenvalue weighted by molar-refractivity contribution is 7.09. The van der Waals surface area contributed by atoms with E-state index in [1.807, 2.05) is 25.1 Å². The number of carbonyl (C=O) groups excluding carboxylic acids is 1. The van der Waals surface area contributed by atoms with Crippen molar-refractivity contribution in [2.24, 2.45) is 11.7 Å². The van der Waals surface area contributed by atoms with Crippen molar-refractivity contribution in [2.75, 3.05) is 25.1 Å². The van der Waals surface area contributed by atoms with Crippen molar-refractivity contribution in [3.05, 3.63) is 39.8 Å². The summed E-state index contributed by atoms with van der Waals surface area (Å²) >= 11 is 1.39. The van der Waals surface area contributed by atoms with E-state index in [9.17, 15) is 4.79 Å². The SMILES string of the molecule is Cc1ccc(NC(=O)c2csc(CN)n2)cc1OCC1CCOCC1. The van der Waals surface area contributed by atoms with Crippen LogP contribution in [0.25, 0.3) is 0 Å². The molecule has 0 spiro atoms. The summed E-state index contributed by atoms with van der Waals surface area (Å²) in [6, 6.07) is 5.68. The number of anilines is 1. The van der Waals surface area contributed by atoms with Gasteiger partial charge in [0.15, 0.2) is 0 Å². The molecular formula is C18H23N3O3S. The van der Waals surface area contributed by atoms with Gasteiger partial charge in [-0.15, -0.1) is 11.3 Å². The topological polar surface area (TPSA) is 86.5 Å². The average molecular weight is 361 g/mol. The first-order chi connectivity index (χ1) is 12.2. The fraction of sp³-hybridized carbons (Fsp3) is 0.444. The van der Waals surface area contributed by atoms with E-state index in [1.165, 1.54) is 11.3 Å². The summed E-state index contributed by atoms with van der Waals surface area (Å²) in [6.07, 6.45) is 2.06. The predicted octanol–water partition coefficient (Wildman–Crippen LogP) is 2.97. The number of aryl methyl sites for hydroxylation is 1. The largest absolute Gasteiger partial charge is 0.493 e. The van der Waals surface area contributed by atoms with E-state index >= 15 is 0 Å². The number of ether oxygens (including phenoxy) is 2. The summed E-state index contributed by atoms with van der Waals surface area (Å²) in [6.45, 7) is 4.63. The molecule has 0 radical (unpaired) electrons. The van der Waals surface area contributed by atoms with E-state index < -0.39 is 0 Å². The lowest BCUT2D eigenvalue weighted by atomic mass is 10.0. The number of amides is 1. The van der Waals surface area contributed by atoms with Gasteiger partial charge in [-0.3, -0.25) is 4.79 Å². The second-order valence-electron chi connectivity index (χ2n) is 6.13. The molecule has 3 N–H and O–H groups in total. The zero-order valence-electron chi connectivity index (χ0n) is 14.3. The van der Waals surface area contributed by atoms with Crippen LogP contribution in [0.15, 0.2) is 23.6 Å². The number of rotatable bonds is 6. The fourth-order valence-corrected chi connectivity index (χ4v) is 3.31. The van der Waals surface area contributed by atoms with Crippen LogP contribution in [0.3, 0.4) is 0 Å². The number of carbonyl (C=O) groups is 1. The van der Waals surface area contributed by atoms with Crippen LogP contribution in [0, 0.1) is 12.8 Å². The maximum Gasteiger partial charge on any atom is 0.275 e. The lowest BCUT2D eigenvalue weighted by molar-refractivity contribution is 0.0496. The Kier molecular flexibility index (Phi) is 6.01. The molecule has 0 atom stereocenters. The van der Waals surface area contributed by atoms with Gasteiger partial charge in [0, 0.05) is 36.9 Å². The third-order valence-electron chi connectivity index (χ3n) is 4.22. The van der Waals surface area contributed by atoms with Crippen LogP contribution in [0.5, 0.6) is 5.75 Å². The van der Waals surface area contributed by atoms with Gasteiger partial charge < -0.3 is 20.5 Å². The maximum atomic E-state index is 12.3. The first kappa shape index (κ1) is 17.8. The highest BCUT2D eigenvalue weighted by Gasteiger charge is 2.16. The molecule has 0 bridgehead atoms. The molecule has 2 aromatic rings. The van der Waals surface area contributed by atoms with Crippen molar-refractivity contribution < 1.29 is 14.3 Å². The summed E-state index contributed by atoms with van der Waals surface area (Å²) < 4.78 is 11.4. The normalized spacial score (nSPS) is 15.1. The van der Waals surface area contributed by atoms with Crippen molar-refractivity contribution in [3.8, 4) is 5.75 Å². The van der Waals surface area contributed by atoms with Gasteiger partial charge in [-0.1, -0.05) is 6.07 Å². The van der Waals surface area contributed by atoms with Crippen LogP contribution in [0.2, 0.25) is 0 Å². The number of aromatic nitrogens is 1. The number of nitrogens with one attached hydrogen (secondary N) is 1. The van der Waals surface area contributed by atoms with Crippen molar-refractivity contribution in [2.45, 2.75) is 26.3 Å². The molecule has 134 valence electrons. The Bertz CT molecular complexity index is 726. The summed E-state index contributed by atoms with van der Waals surface area (Å²) in [5.41, 5.74) is 7.66. The Balaban J connectivity index is 1.62. The summed E-state index contributed by atoms with van der Waals surface area (Å²) in [7, 11) is 0. The van der Waals surface area contributed by atoms with Crippen LogP contribution in [0.1, 0.15) is 33.9 Å². The molecule has 2 heterocycles. The molecule has 6 nitrogen and oxygen atoms in total. The molecule has 1 aliphatic heterocycles. The fourth-order valence-electron chi connectivity index (χ4n) is 2.66. The highest BCUT2D eigenvalue weighted by atomic mass is 32.1. The van der Waals surface area contributed by atoms with Gasteiger partial charge in [-0.2, -0.15) is 0 Å². The molecule has 0 unspecified atom stereocenters. The molecule has 1 fully saturated rings. The minimum atomic E-state index is -0.241. The minimum absolute atomic E-state index is 0.241. The number of benzene rings is 1. The summed E-state index contributed by atoms with van der Waals surface area (Å²) in [4.78, 5) is 16.5. The van der Waals surface area contributed by atoms with Gasteiger partial charge in [0.1, 0.15) is 16.5 Å². The molecule has 25 heavy (non-hydrogen) atoms. The monoisotopic (exact) mass is 361 g/mol. The summed E-state index contributed by atoms with van der Waals surface area (Å²) in [5, 5.41) is 5.33. The standard InChI is InChI=1S/C18H23N3O3S/c1-12-2-3-14(20-18(22)15-11-25-17(9-19)21-15)8-16(12)24-10-13-4-6-23-7-5-13/h2-3,8,11,13H,4-7,9-10,19H2,1H3,(H,20,22). The van der Waals surface area contributed by atoms with E-state index in [0.29, 0.717) is 30.5 Å². The Labute approximate surface area is 151 Å². The Morgan fingerprint density at radius 2 is 2.24 bits per heavy atom. The molecule has 7 heteroatoms. The van der Waals surface area contributed by atoms with Crippen LogP contribution in [-0.4, -0.2) is 30.7 Å². The second-order valence-corrected chi connectivity index (χ2v) is 7.07. The van der Waals surface area contributed by atoms with Crippen molar-refractivity contribution >= 4 is 22.9 Å². The lowest BCUT2D eigenvalue weighted by Crippen LogP contribution is -2.21. The highest BCUT2D eigenvalue weighted by Crippen LogP contribution is 2.25. The van der Waals surface area contributed by atoms with Gasteiger partial charge in [-0.05, 0) is 37.3 Å². The van der Waals surface area contributed by atoms with E-state index in [4.69, 9.17) is 15.2 Å². The Morgan fingerprint density at radius 1 is 1.44 bits per heavy atom. The second kappa shape index (κ2) is 8.42. The Hall–Kier alpha value is -1.96. The molecule has 1 aliphatic rings. The van der Waals surface area contributed by atoms with Gasteiger partial charge in [-0.25, -0.2) is 4.98 Å². The predicted molar refractivity (Wildman–Crippen MR) is 98.2 cm³/mol. The van der Waals surface area contributed by atoms with Gasteiger partial charge in [0.25, 0.3) is 5.91 Å². The average Bonchev–Trinajstić information content (AvgIpc) is 3.12. The molecular weight excluding hydrogens is 338 g/mol. The van der Waals surface area contributed by atoms with Gasteiger partial charge in [0.05, 0.1) is 6.61 Å². The van der Waals surface area contributed by atoms with E-state index in [1.54, 1.807) is 5.38 Å². The molecule has 0 aliphatic carbocycles. The van der Waals surface area contributed by atoms with Crippen LogP contribution in [-0.2, 0) is 11.3 Å². The molecule has 1 aromatic carbocycles. The first-order valence-electron chi connectivity index (χ1n) is 8.42. The quantitative estimate of drug-likeness (QED) is 0.826. The maximum absolute atomic E-state index is 12.3. The number of nitrogens with zero attached hydrogens (tertiary/aromatic N) is 1. The van der Waals surface area contributed by atoms with Gasteiger partial charge >= 0.3 is 0 Å². The number of thiazole rings is 1. The zero-order chi connectivity index (χ0) is 17.6. The third-order valence-corrected chi connectivity index (χ3v) is 5.09. The molecule has 1 saturated heterocycles. The van der Waals surface area contributed by atoms with Crippen molar-refractivity contribution in [3.63, 3.8) is 0 Å². The van der Waals surface area contributed by atoms with Gasteiger partial charge in [0.2, 0.25) is 0 Å². The molecule has 3 rings (SSSR count). The van der Waals surface area contributed by atoms with E-state index in [2.05, 4.69) is 10.3 Å². The van der Waals surface area contributed by atoms with Crippen LogP contribution in [0.4, 0.5) is 5.69 Å². The van der Waals surface area contributed by atoms with Crippen molar-refractivity contribution in [1.29, 1.82) is 0 Å². The molecule has 1 aromatic heterocycles. The number of hydrogen-bond donors (Lipinski definition) is 2.